The molecule has 1 heterocycles. The van der Waals surface area contributed by atoms with Crippen LogP contribution < -0.4 is 5.32 Å². The van der Waals surface area contributed by atoms with Crippen molar-refractivity contribution in [3.8, 4) is 0 Å². The number of rotatable bonds is 4. The Morgan fingerprint density at radius 3 is 2.68 bits per heavy atom. The topological polar surface area (TPSA) is 55.4 Å². The highest BCUT2D eigenvalue weighted by Crippen LogP contribution is 2.54. The SMILES string of the molecule is CCOC1CC(NC2C=CS(=O)(=O)C2)C12CCCC2. The molecule has 0 saturated heterocycles. The van der Waals surface area contributed by atoms with Gasteiger partial charge in [-0.05, 0) is 26.2 Å². The zero-order valence-corrected chi connectivity index (χ0v) is 12.3. The van der Waals surface area contributed by atoms with Gasteiger partial charge in [-0.3, -0.25) is 0 Å². The van der Waals surface area contributed by atoms with Crippen LogP contribution in [-0.4, -0.2) is 39.0 Å². The molecule has 3 atom stereocenters. The zero-order chi connectivity index (χ0) is 13.5. The molecule has 0 bridgehead atoms. The number of hydrogen-bond acceptors (Lipinski definition) is 4. The third-order valence-electron chi connectivity index (χ3n) is 5.03. The molecule has 1 spiro atoms. The average molecular weight is 285 g/mol. The van der Waals surface area contributed by atoms with E-state index in [1.807, 2.05) is 0 Å². The second-order valence-electron chi connectivity index (χ2n) is 6.10. The fourth-order valence-corrected chi connectivity index (χ4v) is 5.31. The van der Waals surface area contributed by atoms with Gasteiger partial charge in [0.25, 0.3) is 0 Å². The van der Waals surface area contributed by atoms with Crippen molar-refractivity contribution in [2.45, 2.75) is 57.2 Å². The highest BCUT2D eigenvalue weighted by molar-refractivity contribution is 7.94. The first-order valence-electron chi connectivity index (χ1n) is 7.34. The van der Waals surface area contributed by atoms with E-state index in [2.05, 4.69) is 12.2 Å². The molecular formula is C14H23NO3S. The third-order valence-corrected chi connectivity index (χ3v) is 6.43. The summed E-state index contributed by atoms with van der Waals surface area (Å²) < 4.78 is 28.8. The van der Waals surface area contributed by atoms with Crippen molar-refractivity contribution in [3.63, 3.8) is 0 Å². The molecule has 2 aliphatic carbocycles. The van der Waals surface area contributed by atoms with Crippen molar-refractivity contribution in [2.75, 3.05) is 12.4 Å². The third kappa shape index (κ3) is 2.36. The first-order valence-corrected chi connectivity index (χ1v) is 9.06. The Balaban J connectivity index is 1.65. The van der Waals surface area contributed by atoms with E-state index in [1.165, 1.54) is 31.1 Å². The van der Waals surface area contributed by atoms with Crippen molar-refractivity contribution in [3.05, 3.63) is 11.5 Å². The summed E-state index contributed by atoms with van der Waals surface area (Å²) in [6, 6.07) is 0.421. The minimum absolute atomic E-state index is 0.00458. The summed E-state index contributed by atoms with van der Waals surface area (Å²) in [4.78, 5) is 0. The van der Waals surface area contributed by atoms with Gasteiger partial charge in [0.05, 0.1) is 11.9 Å². The Bertz CT molecular complexity index is 465. The van der Waals surface area contributed by atoms with Gasteiger partial charge in [0.15, 0.2) is 9.84 Å². The van der Waals surface area contributed by atoms with Crippen molar-refractivity contribution in [1.82, 2.24) is 5.32 Å². The van der Waals surface area contributed by atoms with Crippen molar-refractivity contribution in [1.29, 1.82) is 0 Å². The summed E-state index contributed by atoms with van der Waals surface area (Å²) in [5.74, 6) is 0.221. The van der Waals surface area contributed by atoms with E-state index >= 15 is 0 Å². The first kappa shape index (κ1) is 13.6. The molecule has 4 nitrogen and oxygen atoms in total. The lowest BCUT2D eigenvalue weighted by molar-refractivity contribution is -0.131. The molecule has 0 amide bonds. The quantitative estimate of drug-likeness (QED) is 0.853. The second-order valence-corrected chi connectivity index (χ2v) is 8.03. The molecule has 0 aromatic rings. The number of nitrogens with one attached hydrogen (secondary N) is 1. The Kier molecular flexibility index (Phi) is 3.48. The van der Waals surface area contributed by atoms with E-state index in [4.69, 9.17) is 4.74 Å². The van der Waals surface area contributed by atoms with E-state index < -0.39 is 9.84 Å². The van der Waals surface area contributed by atoms with Gasteiger partial charge < -0.3 is 10.1 Å². The molecule has 5 heteroatoms. The predicted molar refractivity (Wildman–Crippen MR) is 74.6 cm³/mol. The summed E-state index contributed by atoms with van der Waals surface area (Å²) >= 11 is 0. The maximum atomic E-state index is 11.5. The number of ether oxygens (including phenoxy) is 1. The highest BCUT2D eigenvalue weighted by atomic mass is 32.2. The molecule has 2 fully saturated rings. The molecule has 1 N–H and O–H groups in total. The first-order chi connectivity index (χ1) is 9.06. The minimum Gasteiger partial charge on any atom is -0.378 e. The van der Waals surface area contributed by atoms with Gasteiger partial charge in [-0.25, -0.2) is 8.42 Å². The van der Waals surface area contributed by atoms with Crippen LogP contribution >= 0.6 is 0 Å². The van der Waals surface area contributed by atoms with Crippen LogP contribution in [-0.2, 0) is 14.6 Å². The van der Waals surface area contributed by atoms with E-state index in [9.17, 15) is 8.42 Å². The summed E-state index contributed by atoms with van der Waals surface area (Å²) in [6.07, 6.45) is 8.20. The zero-order valence-electron chi connectivity index (χ0n) is 11.5. The van der Waals surface area contributed by atoms with Crippen LogP contribution in [0.5, 0.6) is 0 Å². The Labute approximate surface area is 115 Å². The maximum absolute atomic E-state index is 11.5. The van der Waals surface area contributed by atoms with Crippen LogP contribution in [0.4, 0.5) is 0 Å². The molecular weight excluding hydrogens is 262 g/mol. The van der Waals surface area contributed by atoms with Crippen LogP contribution in [0.3, 0.4) is 0 Å². The lowest BCUT2D eigenvalue weighted by Crippen LogP contribution is -2.64. The van der Waals surface area contributed by atoms with Crippen LogP contribution in [0.2, 0.25) is 0 Å². The summed E-state index contributed by atoms with van der Waals surface area (Å²) in [5.41, 5.74) is 0.274. The summed E-state index contributed by atoms with van der Waals surface area (Å²) in [5, 5.41) is 4.90. The molecule has 108 valence electrons. The van der Waals surface area contributed by atoms with Crippen molar-refractivity contribution in [2.24, 2.45) is 5.41 Å². The second kappa shape index (κ2) is 4.86. The fraction of sp³-hybridized carbons (Fsp3) is 0.857. The highest BCUT2D eigenvalue weighted by Gasteiger charge is 2.56. The smallest absolute Gasteiger partial charge is 0.173 e. The Morgan fingerprint density at radius 2 is 2.11 bits per heavy atom. The van der Waals surface area contributed by atoms with Gasteiger partial charge in [-0.15, -0.1) is 0 Å². The van der Waals surface area contributed by atoms with Crippen LogP contribution in [0.1, 0.15) is 39.0 Å². The van der Waals surface area contributed by atoms with E-state index in [0.717, 1.165) is 13.0 Å². The van der Waals surface area contributed by atoms with Crippen LogP contribution in [0.15, 0.2) is 11.5 Å². The maximum Gasteiger partial charge on any atom is 0.173 e. The van der Waals surface area contributed by atoms with Crippen molar-refractivity contribution >= 4 is 9.84 Å². The molecule has 1 aliphatic heterocycles. The standard InChI is InChI=1S/C14H23NO3S/c1-2-18-13-9-12(14(13)6-3-4-7-14)15-11-5-8-19(16,17)10-11/h5,8,11-13,15H,2-4,6-7,9-10H2,1H3. The van der Waals surface area contributed by atoms with E-state index in [0.29, 0.717) is 12.1 Å². The van der Waals surface area contributed by atoms with E-state index in [1.54, 1.807) is 6.08 Å². The molecule has 0 aromatic carbocycles. The monoisotopic (exact) mass is 285 g/mol. The van der Waals surface area contributed by atoms with Gasteiger partial charge in [-0.1, -0.05) is 18.9 Å². The lowest BCUT2D eigenvalue weighted by atomic mass is 9.60. The summed E-state index contributed by atoms with van der Waals surface area (Å²) in [6.45, 7) is 2.83. The molecule has 0 aromatic heterocycles. The normalized spacial score (nSPS) is 38.7. The van der Waals surface area contributed by atoms with Gasteiger partial charge in [0.1, 0.15) is 0 Å². The minimum atomic E-state index is -2.96. The Morgan fingerprint density at radius 1 is 1.37 bits per heavy atom. The summed E-state index contributed by atoms with van der Waals surface area (Å²) in [7, 11) is -2.96. The molecule has 3 rings (SSSR count). The van der Waals surface area contributed by atoms with Gasteiger partial charge in [0, 0.05) is 29.5 Å². The average Bonchev–Trinajstić information content (AvgIpc) is 2.96. The fourth-order valence-electron chi connectivity index (χ4n) is 4.06. The van der Waals surface area contributed by atoms with Crippen molar-refractivity contribution < 1.29 is 13.2 Å². The Hall–Kier alpha value is -0.390. The molecule has 2 saturated carbocycles. The van der Waals surface area contributed by atoms with Crippen LogP contribution in [0, 0.1) is 5.41 Å². The number of sulfone groups is 1. The molecule has 19 heavy (non-hydrogen) atoms. The molecule has 3 unspecified atom stereocenters. The predicted octanol–water partition coefficient (Wildman–Crippen LogP) is 1.62. The van der Waals surface area contributed by atoms with Gasteiger partial charge in [0.2, 0.25) is 0 Å². The largest absolute Gasteiger partial charge is 0.378 e. The lowest BCUT2D eigenvalue weighted by Gasteiger charge is -2.55. The molecule has 3 aliphatic rings. The van der Waals surface area contributed by atoms with Gasteiger partial charge in [-0.2, -0.15) is 0 Å². The number of hydrogen-bond donors (Lipinski definition) is 1. The van der Waals surface area contributed by atoms with E-state index in [-0.39, 0.29) is 17.2 Å². The van der Waals surface area contributed by atoms with Gasteiger partial charge >= 0.3 is 0 Å². The van der Waals surface area contributed by atoms with Crippen LogP contribution in [0.25, 0.3) is 0 Å². The molecule has 0 radical (unpaired) electrons.